The van der Waals surface area contributed by atoms with Gasteiger partial charge in [0, 0.05) is 18.7 Å². The van der Waals surface area contributed by atoms with E-state index in [1.807, 2.05) is 0 Å². The van der Waals surface area contributed by atoms with Crippen molar-refractivity contribution in [2.24, 2.45) is 0 Å². The first-order chi connectivity index (χ1) is 10.1. The number of hydrogen-bond acceptors (Lipinski definition) is 3. The summed E-state index contributed by atoms with van der Waals surface area (Å²) < 4.78 is 18.2. The van der Waals surface area contributed by atoms with Crippen molar-refractivity contribution in [3.05, 3.63) is 54.2 Å². The lowest BCUT2D eigenvalue weighted by Crippen LogP contribution is -2.37. The first-order valence-corrected chi connectivity index (χ1v) is 6.54. The minimum absolute atomic E-state index is 0.148. The van der Waals surface area contributed by atoms with Crippen LogP contribution in [0.25, 0.3) is 0 Å². The number of carbonyl (C=O) groups is 2. The summed E-state index contributed by atoms with van der Waals surface area (Å²) >= 11 is 0. The number of anilines is 1. The smallest absolute Gasteiger partial charge is 0.287 e. The topological polar surface area (TPSA) is 62.6 Å². The monoisotopic (exact) mass is 288 g/mol. The van der Waals surface area contributed by atoms with Crippen LogP contribution in [-0.4, -0.2) is 24.4 Å². The van der Waals surface area contributed by atoms with Gasteiger partial charge in [-0.3, -0.25) is 9.59 Å². The van der Waals surface area contributed by atoms with Crippen LogP contribution in [0, 0.1) is 5.82 Å². The predicted molar refractivity (Wildman–Crippen MR) is 73.3 cm³/mol. The molecule has 1 unspecified atom stereocenters. The van der Waals surface area contributed by atoms with Crippen LogP contribution in [0.5, 0.6) is 0 Å². The van der Waals surface area contributed by atoms with E-state index in [0.717, 1.165) is 0 Å². The van der Waals surface area contributed by atoms with Gasteiger partial charge in [0.25, 0.3) is 5.91 Å². The Kier molecular flexibility index (Phi) is 3.43. The Balaban J connectivity index is 1.69. The lowest BCUT2D eigenvalue weighted by molar-refractivity contribution is -0.117. The van der Waals surface area contributed by atoms with Gasteiger partial charge in [-0.15, -0.1) is 0 Å². The molecule has 1 aromatic carbocycles. The van der Waals surface area contributed by atoms with Gasteiger partial charge in [-0.05, 0) is 30.3 Å². The third kappa shape index (κ3) is 2.79. The van der Waals surface area contributed by atoms with Crippen LogP contribution >= 0.6 is 0 Å². The molecule has 2 heterocycles. The second kappa shape index (κ2) is 5.40. The molecule has 1 N–H and O–H groups in total. The predicted octanol–water partition coefficient (Wildman–Crippen LogP) is 1.95. The van der Waals surface area contributed by atoms with E-state index in [1.54, 1.807) is 24.3 Å². The molecule has 0 aliphatic carbocycles. The molecule has 1 atom stereocenters. The van der Waals surface area contributed by atoms with Crippen molar-refractivity contribution in [1.29, 1.82) is 0 Å². The fourth-order valence-corrected chi connectivity index (χ4v) is 2.36. The summed E-state index contributed by atoms with van der Waals surface area (Å²) in [7, 11) is 0. The van der Waals surface area contributed by atoms with Crippen molar-refractivity contribution in [2.75, 3.05) is 11.4 Å². The van der Waals surface area contributed by atoms with Gasteiger partial charge in [0.2, 0.25) is 5.91 Å². The van der Waals surface area contributed by atoms with Crippen molar-refractivity contribution in [2.45, 2.75) is 12.5 Å². The molecular weight excluding hydrogens is 275 g/mol. The Morgan fingerprint density at radius 3 is 2.90 bits per heavy atom. The molecule has 2 aromatic rings. The van der Waals surface area contributed by atoms with Gasteiger partial charge in [0.1, 0.15) is 5.82 Å². The third-order valence-electron chi connectivity index (χ3n) is 3.33. The summed E-state index contributed by atoms with van der Waals surface area (Å²) in [5.41, 5.74) is 0.495. The summed E-state index contributed by atoms with van der Waals surface area (Å²) in [6, 6.07) is 8.68. The minimum Gasteiger partial charge on any atom is -0.459 e. The van der Waals surface area contributed by atoms with Gasteiger partial charge >= 0.3 is 0 Å². The van der Waals surface area contributed by atoms with Crippen LogP contribution in [-0.2, 0) is 4.79 Å². The molecule has 0 radical (unpaired) electrons. The lowest BCUT2D eigenvalue weighted by Gasteiger charge is -2.17. The average molecular weight is 288 g/mol. The Hall–Kier alpha value is -2.63. The Morgan fingerprint density at radius 1 is 1.33 bits per heavy atom. The van der Waals surface area contributed by atoms with Gasteiger partial charge in [0.15, 0.2) is 5.76 Å². The number of halogens is 1. The number of rotatable bonds is 3. The van der Waals surface area contributed by atoms with Crippen molar-refractivity contribution < 1.29 is 18.4 Å². The minimum atomic E-state index is -0.400. The van der Waals surface area contributed by atoms with Crippen LogP contribution in [0.1, 0.15) is 17.0 Å². The molecule has 1 saturated heterocycles. The summed E-state index contributed by atoms with van der Waals surface area (Å²) in [6.07, 6.45) is 1.59. The van der Waals surface area contributed by atoms with Crippen LogP contribution in [0.2, 0.25) is 0 Å². The summed E-state index contributed by atoms with van der Waals surface area (Å²) in [5.74, 6) is -0.709. The Morgan fingerprint density at radius 2 is 2.19 bits per heavy atom. The second-order valence-corrected chi connectivity index (χ2v) is 4.84. The maximum atomic E-state index is 13.2. The molecule has 1 aliphatic heterocycles. The summed E-state index contributed by atoms with van der Waals surface area (Å²) in [4.78, 5) is 25.3. The van der Waals surface area contributed by atoms with E-state index in [9.17, 15) is 14.0 Å². The van der Waals surface area contributed by atoms with Gasteiger partial charge in [-0.2, -0.15) is 0 Å². The largest absolute Gasteiger partial charge is 0.459 e. The van der Waals surface area contributed by atoms with Gasteiger partial charge < -0.3 is 14.6 Å². The molecule has 1 fully saturated rings. The van der Waals surface area contributed by atoms with Gasteiger partial charge in [-0.1, -0.05) is 6.07 Å². The van der Waals surface area contributed by atoms with Crippen LogP contribution in [0.4, 0.5) is 10.1 Å². The van der Waals surface area contributed by atoms with E-state index < -0.39 is 5.82 Å². The lowest BCUT2D eigenvalue weighted by atomic mass is 10.2. The fraction of sp³-hybridized carbons (Fsp3) is 0.200. The number of nitrogens with zero attached hydrogens (tertiary/aromatic N) is 1. The molecule has 0 spiro atoms. The molecule has 1 aromatic heterocycles. The number of nitrogens with one attached hydrogen (secondary N) is 1. The summed E-state index contributed by atoms with van der Waals surface area (Å²) in [5, 5.41) is 2.74. The number of hydrogen-bond donors (Lipinski definition) is 1. The van der Waals surface area contributed by atoms with Crippen molar-refractivity contribution in [1.82, 2.24) is 5.32 Å². The van der Waals surface area contributed by atoms with Gasteiger partial charge in [0.05, 0.1) is 12.3 Å². The molecule has 2 amide bonds. The normalized spacial score (nSPS) is 18.0. The fourth-order valence-electron chi connectivity index (χ4n) is 2.36. The highest BCUT2D eigenvalue weighted by molar-refractivity contribution is 5.98. The average Bonchev–Trinajstić information content (AvgIpc) is 3.08. The zero-order valence-corrected chi connectivity index (χ0v) is 11.1. The highest BCUT2D eigenvalue weighted by Crippen LogP contribution is 2.22. The van der Waals surface area contributed by atoms with E-state index in [1.165, 1.54) is 23.3 Å². The number of carbonyl (C=O) groups excluding carboxylic acids is 2. The van der Waals surface area contributed by atoms with Crippen LogP contribution < -0.4 is 10.2 Å². The zero-order valence-electron chi connectivity index (χ0n) is 11.1. The molecule has 6 heteroatoms. The van der Waals surface area contributed by atoms with Crippen molar-refractivity contribution >= 4 is 17.5 Å². The molecular formula is C15H13FN2O3. The van der Waals surface area contributed by atoms with E-state index in [4.69, 9.17) is 4.42 Å². The van der Waals surface area contributed by atoms with E-state index in [0.29, 0.717) is 12.2 Å². The van der Waals surface area contributed by atoms with E-state index >= 15 is 0 Å². The number of benzene rings is 1. The quantitative estimate of drug-likeness (QED) is 0.939. The highest BCUT2D eigenvalue weighted by Gasteiger charge is 2.32. The summed E-state index contributed by atoms with van der Waals surface area (Å²) in [6.45, 7) is 0.314. The zero-order chi connectivity index (χ0) is 14.8. The van der Waals surface area contributed by atoms with Crippen LogP contribution in [0.15, 0.2) is 47.1 Å². The molecule has 1 aliphatic rings. The first-order valence-electron chi connectivity index (χ1n) is 6.54. The highest BCUT2D eigenvalue weighted by atomic mass is 19.1. The number of amides is 2. The molecule has 0 bridgehead atoms. The first kappa shape index (κ1) is 13.4. The maximum Gasteiger partial charge on any atom is 0.287 e. The van der Waals surface area contributed by atoms with E-state index in [2.05, 4.69) is 5.32 Å². The molecule has 21 heavy (non-hydrogen) atoms. The van der Waals surface area contributed by atoms with Crippen molar-refractivity contribution in [3.63, 3.8) is 0 Å². The van der Waals surface area contributed by atoms with Crippen LogP contribution in [0.3, 0.4) is 0 Å². The second-order valence-electron chi connectivity index (χ2n) is 4.84. The Labute approximate surface area is 120 Å². The van der Waals surface area contributed by atoms with E-state index in [-0.39, 0.29) is 30.0 Å². The molecule has 108 valence electrons. The Bertz CT molecular complexity index is 669. The third-order valence-corrected chi connectivity index (χ3v) is 3.33. The number of furan rings is 1. The van der Waals surface area contributed by atoms with Gasteiger partial charge in [-0.25, -0.2) is 4.39 Å². The standard InChI is InChI=1S/C15H13FN2O3/c16-10-3-1-4-12(7-10)18-9-11(8-14(18)19)17-15(20)13-5-2-6-21-13/h1-7,11H,8-9H2,(H,17,20). The molecule has 3 rings (SSSR count). The molecule has 0 saturated carbocycles. The maximum absolute atomic E-state index is 13.2. The SMILES string of the molecule is O=C(NC1CC(=O)N(c2cccc(F)c2)C1)c1ccco1. The molecule has 5 nitrogen and oxygen atoms in total. The van der Waals surface area contributed by atoms with Crippen molar-refractivity contribution in [3.8, 4) is 0 Å².